The van der Waals surface area contributed by atoms with Crippen molar-refractivity contribution >= 4 is 35.6 Å². The number of anilines is 1. The van der Waals surface area contributed by atoms with Crippen molar-refractivity contribution in [1.82, 2.24) is 15.5 Å². The maximum absolute atomic E-state index is 5.06. The van der Waals surface area contributed by atoms with Gasteiger partial charge in [0.05, 0.1) is 0 Å². The minimum Gasteiger partial charge on any atom is -0.385 e. The van der Waals surface area contributed by atoms with Gasteiger partial charge >= 0.3 is 0 Å². The Balaban J connectivity index is 0.00000392. The molecular weight excluding hydrogens is 465 g/mol. The number of rotatable bonds is 10. The third-order valence-corrected chi connectivity index (χ3v) is 4.97. The van der Waals surface area contributed by atoms with Crippen LogP contribution in [0.3, 0.4) is 0 Å². The Morgan fingerprint density at radius 3 is 2.43 bits per heavy atom. The van der Waals surface area contributed by atoms with Crippen molar-refractivity contribution in [2.24, 2.45) is 4.99 Å². The molecule has 1 aromatic carbocycles. The Bertz CT molecular complexity index is 561. The van der Waals surface area contributed by atoms with E-state index in [4.69, 9.17) is 4.74 Å². The number of benzene rings is 1. The highest BCUT2D eigenvalue weighted by Gasteiger charge is 2.16. The third-order valence-electron chi connectivity index (χ3n) is 4.97. The van der Waals surface area contributed by atoms with Gasteiger partial charge in [0, 0.05) is 65.7 Å². The molecule has 7 heteroatoms. The topological polar surface area (TPSA) is 52.1 Å². The Hall–Kier alpha value is -1.06. The molecule has 1 heterocycles. The standard InChI is InChI=1S/C21H37N5O.HI/c1-19-8-6-9-20(18-19)26-15-13-25(14-16-26)12-5-4-10-23-21(22-2)24-11-7-17-27-3;/h6,8-9,18H,4-5,7,10-17H2,1-3H3,(H2,22,23,24);1H. The molecule has 0 bridgehead atoms. The lowest BCUT2D eigenvalue weighted by Gasteiger charge is -2.36. The molecule has 0 atom stereocenters. The molecule has 0 radical (unpaired) electrons. The predicted octanol–water partition coefficient (Wildman–Crippen LogP) is 2.72. The lowest BCUT2D eigenvalue weighted by molar-refractivity contribution is 0.195. The summed E-state index contributed by atoms with van der Waals surface area (Å²) in [7, 11) is 3.55. The number of halogens is 1. The van der Waals surface area contributed by atoms with E-state index in [0.717, 1.165) is 64.7 Å². The average Bonchev–Trinajstić information content (AvgIpc) is 2.70. The summed E-state index contributed by atoms with van der Waals surface area (Å²) in [6.07, 6.45) is 3.38. The number of aryl methyl sites for hydroxylation is 1. The van der Waals surface area contributed by atoms with E-state index in [2.05, 4.69) is 56.6 Å². The van der Waals surface area contributed by atoms with Crippen LogP contribution in [0.5, 0.6) is 0 Å². The molecule has 160 valence electrons. The molecule has 1 fully saturated rings. The maximum Gasteiger partial charge on any atom is 0.190 e. The first kappa shape index (κ1) is 25.0. The van der Waals surface area contributed by atoms with Crippen LogP contribution in [0.4, 0.5) is 5.69 Å². The second-order valence-electron chi connectivity index (χ2n) is 7.15. The first-order valence-electron chi connectivity index (χ1n) is 10.2. The van der Waals surface area contributed by atoms with Gasteiger partial charge in [-0.1, -0.05) is 12.1 Å². The van der Waals surface area contributed by atoms with Gasteiger partial charge in [-0.2, -0.15) is 0 Å². The number of nitrogens with zero attached hydrogens (tertiary/aromatic N) is 3. The smallest absolute Gasteiger partial charge is 0.190 e. The Morgan fingerprint density at radius 2 is 1.79 bits per heavy atom. The monoisotopic (exact) mass is 503 g/mol. The molecule has 0 amide bonds. The maximum atomic E-state index is 5.06. The number of nitrogens with one attached hydrogen (secondary N) is 2. The summed E-state index contributed by atoms with van der Waals surface area (Å²) in [6, 6.07) is 8.84. The lowest BCUT2D eigenvalue weighted by Crippen LogP contribution is -2.46. The number of ether oxygens (including phenoxy) is 1. The quantitative estimate of drug-likeness (QED) is 0.223. The number of aliphatic imine (C=N–C) groups is 1. The molecular formula is C21H38IN5O. The Kier molecular flexibility index (Phi) is 13.3. The summed E-state index contributed by atoms with van der Waals surface area (Å²) >= 11 is 0. The highest BCUT2D eigenvalue weighted by molar-refractivity contribution is 14.0. The van der Waals surface area contributed by atoms with Crippen molar-refractivity contribution < 1.29 is 4.74 Å². The van der Waals surface area contributed by atoms with E-state index < -0.39 is 0 Å². The molecule has 1 aromatic rings. The first-order chi connectivity index (χ1) is 13.2. The van der Waals surface area contributed by atoms with Crippen molar-refractivity contribution in [1.29, 1.82) is 0 Å². The lowest BCUT2D eigenvalue weighted by atomic mass is 10.2. The molecule has 0 spiro atoms. The number of guanidine groups is 1. The SMILES string of the molecule is CN=C(NCCCCN1CCN(c2cccc(C)c2)CC1)NCCCOC.I. The predicted molar refractivity (Wildman–Crippen MR) is 130 cm³/mol. The minimum absolute atomic E-state index is 0. The van der Waals surface area contributed by atoms with Crippen LogP contribution < -0.4 is 15.5 Å². The number of hydrogen-bond acceptors (Lipinski definition) is 4. The van der Waals surface area contributed by atoms with Gasteiger partial charge in [-0.3, -0.25) is 9.89 Å². The number of piperazine rings is 1. The molecule has 0 aliphatic carbocycles. The highest BCUT2D eigenvalue weighted by atomic mass is 127. The number of unbranched alkanes of at least 4 members (excludes halogenated alkanes) is 1. The van der Waals surface area contributed by atoms with E-state index in [1.807, 2.05) is 7.05 Å². The van der Waals surface area contributed by atoms with Gasteiger partial charge in [-0.05, 0) is 50.4 Å². The van der Waals surface area contributed by atoms with Gasteiger partial charge in [-0.25, -0.2) is 0 Å². The molecule has 28 heavy (non-hydrogen) atoms. The molecule has 6 nitrogen and oxygen atoms in total. The van der Waals surface area contributed by atoms with E-state index in [9.17, 15) is 0 Å². The molecule has 0 saturated carbocycles. The summed E-state index contributed by atoms with van der Waals surface area (Å²) in [5, 5.41) is 6.70. The van der Waals surface area contributed by atoms with Gasteiger partial charge in [-0.15, -0.1) is 24.0 Å². The zero-order chi connectivity index (χ0) is 19.3. The van der Waals surface area contributed by atoms with Crippen molar-refractivity contribution in [2.45, 2.75) is 26.2 Å². The number of hydrogen-bond donors (Lipinski definition) is 2. The van der Waals surface area contributed by atoms with Crippen LogP contribution in [0.1, 0.15) is 24.8 Å². The molecule has 0 unspecified atom stereocenters. The minimum atomic E-state index is 0. The molecule has 1 aliphatic heterocycles. The zero-order valence-electron chi connectivity index (χ0n) is 17.7. The highest BCUT2D eigenvalue weighted by Crippen LogP contribution is 2.17. The van der Waals surface area contributed by atoms with Crippen molar-refractivity contribution in [2.75, 3.05) is 71.5 Å². The summed E-state index contributed by atoms with van der Waals surface area (Å²) < 4.78 is 5.06. The Labute approximate surface area is 188 Å². The zero-order valence-corrected chi connectivity index (χ0v) is 20.1. The van der Waals surface area contributed by atoms with Crippen LogP contribution >= 0.6 is 24.0 Å². The molecule has 2 N–H and O–H groups in total. The average molecular weight is 503 g/mol. The summed E-state index contributed by atoms with van der Waals surface area (Å²) in [6.45, 7) is 10.5. The molecule has 0 aromatic heterocycles. The van der Waals surface area contributed by atoms with Crippen LogP contribution in [0.25, 0.3) is 0 Å². The first-order valence-corrected chi connectivity index (χ1v) is 10.2. The van der Waals surface area contributed by atoms with E-state index in [-0.39, 0.29) is 24.0 Å². The Morgan fingerprint density at radius 1 is 1.07 bits per heavy atom. The second-order valence-corrected chi connectivity index (χ2v) is 7.15. The normalized spacial score (nSPS) is 15.2. The summed E-state index contributed by atoms with van der Waals surface area (Å²) in [5.74, 6) is 0.887. The fraction of sp³-hybridized carbons (Fsp3) is 0.667. The van der Waals surface area contributed by atoms with Crippen molar-refractivity contribution in [3.63, 3.8) is 0 Å². The van der Waals surface area contributed by atoms with Gasteiger partial charge in [0.25, 0.3) is 0 Å². The fourth-order valence-corrected chi connectivity index (χ4v) is 3.37. The van der Waals surface area contributed by atoms with Crippen molar-refractivity contribution in [3.8, 4) is 0 Å². The van der Waals surface area contributed by atoms with E-state index in [0.29, 0.717) is 0 Å². The van der Waals surface area contributed by atoms with Crippen molar-refractivity contribution in [3.05, 3.63) is 29.8 Å². The van der Waals surface area contributed by atoms with Gasteiger partial charge < -0.3 is 20.3 Å². The number of methoxy groups -OCH3 is 1. The largest absolute Gasteiger partial charge is 0.385 e. The third kappa shape index (κ3) is 9.43. The summed E-state index contributed by atoms with van der Waals surface area (Å²) in [4.78, 5) is 9.35. The van der Waals surface area contributed by atoms with Gasteiger partial charge in [0.2, 0.25) is 0 Å². The molecule has 1 saturated heterocycles. The van der Waals surface area contributed by atoms with Crippen LogP contribution in [-0.2, 0) is 4.74 Å². The molecule has 1 aliphatic rings. The fourth-order valence-electron chi connectivity index (χ4n) is 3.37. The van der Waals surface area contributed by atoms with E-state index >= 15 is 0 Å². The van der Waals surface area contributed by atoms with E-state index in [1.165, 1.54) is 24.2 Å². The van der Waals surface area contributed by atoms with Crippen LogP contribution in [-0.4, -0.2) is 77.4 Å². The van der Waals surface area contributed by atoms with Crippen LogP contribution in [0.15, 0.2) is 29.3 Å². The van der Waals surface area contributed by atoms with Gasteiger partial charge in [0.1, 0.15) is 0 Å². The van der Waals surface area contributed by atoms with Crippen LogP contribution in [0, 0.1) is 6.92 Å². The van der Waals surface area contributed by atoms with Gasteiger partial charge in [0.15, 0.2) is 5.96 Å². The van der Waals surface area contributed by atoms with Crippen LogP contribution in [0.2, 0.25) is 0 Å². The summed E-state index contributed by atoms with van der Waals surface area (Å²) in [5.41, 5.74) is 2.70. The molecule has 2 rings (SSSR count). The van der Waals surface area contributed by atoms with E-state index in [1.54, 1.807) is 7.11 Å². The second kappa shape index (κ2) is 14.9.